The van der Waals surface area contributed by atoms with Crippen molar-refractivity contribution in [2.45, 2.75) is 43.5 Å². The van der Waals surface area contributed by atoms with Crippen molar-refractivity contribution >= 4 is 17.7 Å². The standard InChI is InChI=1S/C15H21F2NO2S/c1-3-15(14(19)20,18-4-2)8-5-9-21-11-6-7-12(16)13(17)10-11/h6-7,10,18H,3-5,8-9H2,1-2H3,(H,19,20). The molecule has 2 N–H and O–H groups in total. The number of hydrogen-bond acceptors (Lipinski definition) is 3. The fourth-order valence-corrected chi connectivity index (χ4v) is 3.07. The van der Waals surface area contributed by atoms with Crippen molar-refractivity contribution in [1.29, 1.82) is 0 Å². The van der Waals surface area contributed by atoms with Gasteiger partial charge in [-0.05, 0) is 49.8 Å². The first kappa shape index (κ1) is 17.9. The predicted octanol–water partition coefficient (Wildman–Crippen LogP) is 3.68. The largest absolute Gasteiger partial charge is 0.480 e. The molecule has 0 spiro atoms. The smallest absolute Gasteiger partial charge is 0.323 e. The predicted molar refractivity (Wildman–Crippen MR) is 80.7 cm³/mol. The van der Waals surface area contributed by atoms with E-state index < -0.39 is 23.1 Å². The quantitative estimate of drug-likeness (QED) is 0.539. The van der Waals surface area contributed by atoms with Crippen LogP contribution in [0.4, 0.5) is 8.78 Å². The minimum Gasteiger partial charge on any atom is -0.480 e. The third-order valence-electron chi connectivity index (χ3n) is 3.44. The van der Waals surface area contributed by atoms with Crippen LogP contribution < -0.4 is 5.32 Å². The van der Waals surface area contributed by atoms with Gasteiger partial charge in [0.15, 0.2) is 11.6 Å². The summed E-state index contributed by atoms with van der Waals surface area (Å²) in [6.07, 6.45) is 1.69. The molecule has 6 heteroatoms. The Morgan fingerprint density at radius 3 is 2.57 bits per heavy atom. The molecule has 0 aromatic heterocycles. The Kier molecular flexibility index (Phi) is 7.11. The van der Waals surface area contributed by atoms with Gasteiger partial charge in [0.1, 0.15) is 5.54 Å². The van der Waals surface area contributed by atoms with E-state index in [4.69, 9.17) is 0 Å². The average Bonchev–Trinajstić information content (AvgIpc) is 2.45. The number of benzene rings is 1. The number of halogens is 2. The van der Waals surface area contributed by atoms with E-state index in [-0.39, 0.29) is 0 Å². The van der Waals surface area contributed by atoms with Gasteiger partial charge in [-0.15, -0.1) is 11.8 Å². The first-order valence-electron chi connectivity index (χ1n) is 7.01. The van der Waals surface area contributed by atoms with Crippen LogP contribution in [0.2, 0.25) is 0 Å². The maximum Gasteiger partial charge on any atom is 0.323 e. The number of likely N-dealkylation sites (N-methyl/N-ethyl adjacent to an activating group) is 1. The summed E-state index contributed by atoms with van der Waals surface area (Å²) in [5.74, 6) is -1.90. The average molecular weight is 317 g/mol. The first-order chi connectivity index (χ1) is 9.95. The van der Waals surface area contributed by atoms with E-state index in [1.807, 2.05) is 13.8 Å². The van der Waals surface area contributed by atoms with Crippen molar-refractivity contribution in [1.82, 2.24) is 5.32 Å². The molecule has 0 bridgehead atoms. The Balaban J connectivity index is 2.51. The maximum atomic E-state index is 13.1. The van der Waals surface area contributed by atoms with Crippen LogP contribution in [-0.4, -0.2) is 28.9 Å². The summed E-state index contributed by atoms with van der Waals surface area (Å²) < 4.78 is 25.9. The zero-order valence-corrected chi connectivity index (χ0v) is 13.1. The number of carbonyl (C=O) groups is 1. The Bertz CT molecular complexity index is 485. The highest BCUT2D eigenvalue weighted by Crippen LogP contribution is 2.24. The third-order valence-corrected chi connectivity index (χ3v) is 4.52. The van der Waals surface area contributed by atoms with Gasteiger partial charge in [0.25, 0.3) is 0 Å². The van der Waals surface area contributed by atoms with Crippen LogP contribution in [0.5, 0.6) is 0 Å². The molecule has 0 amide bonds. The van der Waals surface area contributed by atoms with Crippen LogP contribution in [0, 0.1) is 11.6 Å². The van der Waals surface area contributed by atoms with Gasteiger partial charge in [-0.3, -0.25) is 4.79 Å². The molecule has 0 fully saturated rings. The molecule has 3 nitrogen and oxygen atoms in total. The van der Waals surface area contributed by atoms with Crippen LogP contribution in [0.1, 0.15) is 33.1 Å². The molecule has 21 heavy (non-hydrogen) atoms. The normalized spacial score (nSPS) is 13.9. The van der Waals surface area contributed by atoms with Crippen LogP contribution >= 0.6 is 11.8 Å². The highest BCUT2D eigenvalue weighted by atomic mass is 32.2. The topological polar surface area (TPSA) is 49.3 Å². The molecular weight excluding hydrogens is 296 g/mol. The molecule has 0 saturated carbocycles. The molecule has 1 atom stereocenters. The van der Waals surface area contributed by atoms with E-state index in [9.17, 15) is 18.7 Å². The second-order valence-electron chi connectivity index (χ2n) is 4.80. The van der Waals surface area contributed by atoms with Crippen LogP contribution in [0.25, 0.3) is 0 Å². The summed E-state index contributed by atoms with van der Waals surface area (Å²) >= 11 is 1.40. The number of carboxylic acid groups (broad SMARTS) is 1. The van der Waals surface area contributed by atoms with Gasteiger partial charge in [-0.25, -0.2) is 8.78 Å². The summed E-state index contributed by atoms with van der Waals surface area (Å²) in [5.41, 5.74) is -0.899. The lowest BCUT2D eigenvalue weighted by Gasteiger charge is -2.29. The zero-order chi connectivity index (χ0) is 15.9. The highest BCUT2D eigenvalue weighted by Gasteiger charge is 2.34. The molecule has 0 aliphatic carbocycles. The fourth-order valence-electron chi connectivity index (χ4n) is 2.19. The summed E-state index contributed by atoms with van der Waals surface area (Å²) in [6.45, 7) is 4.32. The van der Waals surface area contributed by atoms with Crippen LogP contribution in [-0.2, 0) is 4.79 Å². The molecular formula is C15H21F2NO2S. The number of nitrogens with one attached hydrogen (secondary N) is 1. The minimum atomic E-state index is -0.899. The molecule has 0 saturated heterocycles. The van der Waals surface area contributed by atoms with Crippen molar-refractivity contribution in [3.8, 4) is 0 Å². The number of carboxylic acids is 1. The fraction of sp³-hybridized carbons (Fsp3) is 0.533. The Labute approximate surface area is 128 Å². The minimum absolute atomic E-state index is 0.503. The molecule has 1 unspecified atom stereocenters. The van der Waals surface area contributed by atoms with Gasteiger partial charge in [0.2, 0.25) is 0 Å². The number of thioether (sulfide) groups is 1. The van der Waals surface area contributed by atoms with E-state index >= 15 is 0 Å². The van der Waals surface area contributed by atoms with Crippen LogP contribution in [0.3, 0.4) is 0 Å². The third kappa shape index (κ3) is 4.97. The van der Waals surface area contributed by atoms with E-state index in [1.54, 1.807) is 0 Å². The Morgan fingerprint density at radius 2 is 2.05 bits per heavy atom. The molecule has 0 aliphatic rings. The number of rotatable bonds is 9. The molecule has 0 aliphatic heterocycles. The van der Waals surface area contributed by atoms with Crippen molar-refractivity contribution in [3.63, 3.8) is 0 Å². The van der Waals surface area contributed by atoms with Gasteiger partial charge in [-0.2, -0.15) is 0 Å². The lowest BCUT2D eigenvalue weighted by atomic mass is 9.91. The van der Waals surface area contributed by atoms with E-state index in [1.165, 1.54) is 17.8 Å². The molecule has 1 aromatic carbocycles. The Hall–Kier alpha value is -1.14. The molecule has 1 aromatic rings. The van der Waals surface area contributed by atoms with Gasteiger partial charge in [0.05, 0.1) is 0 Å². The second kappa shape index (κ2) is 8.34. The van der Waals surface area contributed by atoms with Crippen molar-refractivity contribution in [3.05, 3.63) is 29.8 Å². The molecule has 0 heterocycles. The van der Waals surface area contributed by atoms with E-state index in [0.717, 1.165) is 12.1 Å². The van der Waals surface area contributed by atoms with Gasteiger partial charge >= 0.3 is 5.97 Å². The monoisotopic (exact) mass is 317 g/mol. The highest BCUT2D eigenvalue weighted by molar-refractivity contribution is 7.99. The summed E-state index contributed by atoms with van der Waals surface area (Å²) in [6, 6.07) is 3.79. The lowest BCUT2D eigenvalue weighted by Crippen LogP contribution is -2.51. The van der Waals surface area contributed by atoms with E-state index in [2.05, 4.69) is 5.32 Å². The second-order valence-corrected chi connectivity index (χ2v) is 5.97. The van der Waals surface area contributed by atoms with Gasteiger partial charge in [-0.1, -0.05) is 13.8 Å². The van der Waals surface area contributed by atoms with Crippen molar-refractivity contribution in [2.24, 2.45) is 0 Å². The lowest BCUT2D eigenvalue weighted by molar-refractivity contribution is -0.145. The van der Waals surface area contributed by atoms with Gasteiger partial charge in [0, 0.05) is 4.90 Å². The summed E-state index contributed by atoms with van der Waals surface area (Å²) in [7, 11) is 0. The molecule has 118 valence electrons. The van der Waals surface area contributed by atoms with E-state index in [0.29, 0.717) is 36.5 Å². The summed E-state index contributed by atoms with van der Waals surface area (Å²) in [4.78, 5) is 12.1. The maximum absolute atomic E-state index is 13.1. The van der Waals surface area contributed by atoms with Crippen LogP contribution in [0.15, 0.2) is 23.1 Å². The number of aliphatic carboxylic acids is 1. The zero-order valence-electron chi connectivity index (χ0n) is 12.3. The Morgan fingerprint density at radius 1 is 1.33 bits per heavy atom. The van der Waals surface area contributed by atoms with Crippen molar-refractivity contribution < 1.29 is 18.7 Å². The first-order valence-corrected chi connectivity index (χ1v) is 8.00. The number of hydrogen-bond donors (Lipinski definition) is 2. The van der Waals surface area contributed by atoms with Crippen molar-refractivity contribution in [2.75, 3.05) is 12.3 Å². The molecule has 1 rings (SSSR count). The van der Waals surface area contributed by atoms with Gasteiger partial charge < -0.3 is 10.4 Å². The molecule has 0 radical (unpaired) electrons. The summed E-state index contributed by atoms with van der Waals surface area (Å²) in [5, 5.41) is 12.4. The SMILES string of the molecule is CCNC(CC)(CCCSc1ccc(F)c(F)c1)C(=O)O.